The van der Waals surface area contributed by atoms with Gasteiger partial charge in [-0.15, -0.1) is 10.2 Å². The van der Waals surface area contributed by atoms with Gasteiger partial charge in [0.1, 0.15) is 5.82 Å². The Kier molecular flexibility index (Phi) is 5.11. The Labute approximate surface area is 124 Å². The molecule has 116 valence electrons. The number of aromatic nitrogens is 2. The van der Waals surface area contributed by atoms with Crippen molar-refractivity contribution < 1.29 is 13.2 Å². The first kappa shape index (κ1) is 15.7. The summed E-state index contributed by atoms with van der Waals surface area (Å²) in [6.07, 6.45) is 2.24. The van der Waals surface area contributed by atoms with Crippen LogP contribution in [-0.2, 0) is 9.84 Å². The van der Waals surface area contributed by atoms with Gasteiger partial charge in [0.05, 0.1) is 11.0 Å². The molecule has 0 aromatic carbocycles. The molecule has 1 fully saturated rings. The maximum atomic E-state index is 11.9. The van der Waals surface area contributed by atoms with Gasteiger partial charge in [0.2, 0.25) is 0 Å². The summed E-state index contributed by atoms with van der Waals surface area (Å²) in [5, 5.41) is 13.0. The van der Waals surface area contributed by atoms with E-state index in [4.69, 9.17) is 0 Å². The summed E-state index contributed by atoms with van der Waals surface area (Å²) in [6.45, 7) is 2.97. The lowest BCUT2D eigenvalue weighted by Gasteiger charge is -2.10. The Balaban J connectivity index is 1.88. The Hall–Kier alpha value is -1.70. The molecule has 0 saturated carbocycles. The molecule has 0 bridgehead atoms. The number of anilines is 1. The summed E-state index contributed by atoms with van der Waals surface area (Å²) < 4.78 is 23.3. The zero-order chi connectivity index (χ0) is 15.3. The predicted octanol–water partition coefficient (Wildman–Crippen LogP) is 0.605. The molecule has 0 spiro atoms. The number of hydrogen-bond donors (Lipinski definition) is 2. The van der Waals surface area contributed by atoms with Crippen molar-refractivity contribution in [3.63, 3.8) is 0 Å². The summed E-state index contributed by atoms with van der Waals surface area (Å²) >= 11 is 0. The third-order valence-electron chi connectivity index (χ3n) is 3.41. The van der Waals surface area contributed by atoms with Crippen LogP contribution >= 0.6 is 0 Å². The molecular weight excluding hydrogens is 292 g/mol. The predicted molar refractivity (Wildman–Crippen MR) is 80.0 cm³/mol. The number of nitrogens with zero attached hydrogens (tertiary/aromatic N) is 2. The molecule has 2 heterocycles. The maximum Gasteiger partial charge on any atom is 0.271 e. The van der Waals surface area contributed by atoms with E-state index in [1.807, 2.05) is 6.92 Å². The van der Waals surface area contributed by atoms with E-state index in [2.05, 4.69) is 20.8 Å². The highest BCUT2D eigenvalue weighted by Crippen LogP contribution is 2.19. The van der Waals surface area contributed by atoms with Crippen LogP contribution < -0.4 is 10.6 Å². The molecule has 7 nitrogen and oxygen atoms in total. The summed E-state index contributed by atoms with van der Waals surface area (Å²) in [4.78, 5) is 11.9. The van der Waals surface area contributed by atoms with Gasteiger partial charge in [0.25, 0.3) is 5.91 Å². The van der Waals surface area contributed by atoms with E-state index in [9.17, 15) is 13.2 Å². The standard InChI is InChI=1S/C13H20N4O3S/c1-2-7-14-12-6-5-11(16-17-12)13(18)15-9-10-4-3-8-21(10,19)20/h5-6,10H,2-4,7-9H2,1H3,(H,14,17)(H,15,18). The molecule has 1 unspecified atom stereocenters. The highest BCUT2D eigenvalue weighted by Gasteiger charge is 2.31. The third kappa shape index (κ3) is 4.13. The van der Waals surface area contributed by atoms with E-state index < -0.39 is 21.0 Å². The largest absolute Gasteiger partial charge is 0.369 e. The van der Waals surface area contributed by atoms with Crippen molar-refractivity contribution in [1.82, 2.24) is 15.5 Å². The zero-order valence-electron chi connectivity index (χ0n) is 12.0. The lowest BCUT2D eigenvalue weighted by atomic mass is 10.2. The monoisotopic (exact) mass is 312 g/mol. The van der Waals surface area contributed by atoms with Gasteiger partial charge in [-0.05, 0) is 31.4 Å². The van der Waals surface area contributed by atoms with Gasteiger partial charge >= 0.3 is 0 Å². The van der Waals surface area contributed by atoms with E-state index in [0.29, 0.717) is 18.7 Å². The van der Waals surface area contributed by atoms with Crippen molar-refractivity contribution in [2.24, 2.45) is 0 Å². The number of carbonyl (C=O) groups excluding carboxylic acids is 1. The second-order valence-corrected chi connectivity index (χ2v) is 7.47. The molecule has 1 amide bonds. The molecule has 1 aromatic rings. The minimum absolute atomic E-state index is 0.138. The van der Waals surface area contributed by atoms with Gasteiger partial charge in [-0.1, -0.05) is 6.92 Å². The number of amides is 1. The highest BCUT2D eigenvalue weighted by atomic mass is 32.2. The Morgan fingerprint density at radius 3 is 2.76 bits per heavy atom. The van der Waals surface area contributed by atoms with Crippen molar-refractivity contribution >= 4 is 21.6 Å². The van der Waals surface area contributed by atoms with E-state index >= 15 is 0 Å². The molecule has 1 aromatic heterocycles. The molecule has 21 heavy (non-hydrogen) atoms. The third-order valence-corrected chi connectivity index (χ3v) is 5.68. The minimum Gasteiger partial charge on any atom is -0.369 e. The second kappa shape index (κ2) is 6.84. The fourth-order valence-corrected chi connectivity index (χ4v) is 3.95. The van der Waals surface area contributed by atoms with Crippen LogP contribution in [0.4, 0.5) is 5.82 Å². The first-order valence-electron chi connectivity index (χ1n) is 7.10. The zero-order valence-corrected chi connectivity index (χ0v) is 12.8. The number of hydrogen-bond acceptors (Lipinski definition) is 6. The molecule has 1 aliphatic heterocycles. The fourth-order valence-electron chi connectivity index (χ4n) is 2.19. The maximum absolute atomic E-state index is 11.9. The first-order valence-corrected chi connectivity index (χ1v) is 8.82. The van der Waals surface area contributed by atoms with Crippen molar-refractivity contribution in [2.75, 3.05) is 24.2 Å². The van der Waals surface area contributed by atoms with Crippen LogP contribution in [0.3, 0.4) is 0 Å². The number of rotatable bonds is 6. The van der Waals surface area contributed by atoms with Crippen LogP contribution in [0.25, 0.3) is 0 Å². The Morgan fingerprint density at radius 1 is 1.38 bits per heavy atom. The smallest absolute Gasteiger partial charge is 0.271 e. The van der Waals surface area contributed by atoms with Gasteiger partial charge in [-0.25, -0.2) is 8.42 Å². The van der Waals surface area contributed by atoms with Crippen LogP contribution in [0.15, 0.2) is 12.1 Å². The second-order valence-electron chi connectivity index (χ2n) is 5.07. The number of carbonyl (C=O) groups is 1. The van der Waals surface area contributed by atoms with Crippen LogP contribution in [0.2, 0.25) is 0 Å². The van der Waals surface area contributed by atoms with Gasteiger partial charge in [0.15, 0.2) is 15.5 Å². The first-order chi connectivity index (χ1) is 10.0. The molecule has 8 heteroatoms. The topological polar surface area (TPSA) is 101 Å². The normalized spacial score (nSPS) is 20.1. The Morgan fingerprint density at radius 2 is 2.19 bits per heavy atom. The molecule has 1 saturated heterocycles. The summed E-state index contributed by atoms with van der Waals surface area (Å²) in [5.41, 5.74) is 0.187. The van der Waals surface area contributed by atoms with E-state index in [1.54, 1.807) is 12.1 Å². The van der Waals surface area contributed by atoms with E-state index in [-0.39, 0.29) is 18.0 Å². The highest BCUT2D eigenvalue weighted by molar-refractivity contribution is 7.92. The molecule has 2 N–H and O–H groups in total. The van der Waals surface area contributed by atoms with Crippen molar-refractivity contribution in [3.8, 4) is 0 Å². The van der Waals surface area contributed by atoms with Crippen molar-refractivity contribution in [2.45, 2.75) is 31.4 Å². The van der Waals surface area contributed by atoms with Crippen LogP contribution in [0, 0.1) is 0 Å². The summed E-state index contributed by atoms with van der Waals surface area (Å²) in [5.74, 6) is 0.434. The van der Waals surface area contributed by atoms with E-state index in [1.165, 1.54) is 0 Å². The molecule has 0 aliphatic carbocycles. The summed E-state index contributed by atoms with van der Waals surface area (Å²) in [6, 6.07) is 3.26. The molecule has 1 aliphatic rings. The van der Waals surface area contributed by atoms with Gasteiger partial charge in [0, 0.05) is 13.1 Å². The lowest BCUT2D eigenvalue weighted by Crippen LogP contribution is -2.35. The molecule has 2 rings (SSSR count). The van der Waals surface area contributed by atoms with Crippen molar-refractivity contribution in [1.29, 1.82) is 0 Å². The SMILES string of the molecule is CCCNc1ccc(C(=O)NCC2CCCS2(=O)=O)nn1. The average molecular weight is 312 g/mol. The minimum atomic E-state index is -3.04. The van der Waals surface area contributed by atoms with Crippen molar-refractivity contribution in [3.05, 3.63) is 17.8 Å². The summed E-state index contributed by atoms with van der Waals surface area (Å²) in [7, 11) is -3.04. The number of nitrogens with one attached hydrogen (secondary N) is 2. The fraction of sp³-hybridized carbons (Fsp3) is 0.615. The van der Waals surface area contributed by atoms with Gasteiger partial charge in [-0.3, -0.25) is 4.79 Å². The van der Waals surface area contributed by atoms with Crippen LogP contribution in [0.1, 0.15) is 36.7 Å². The molecule has 1 atom stereocenters. The lowest BCUT2D eigenvalue weighted by molar-refractivity contribution is 0.0947. The van der Waals surface area contributed by atoms with Gasteiger partial charge < -0.3 is 10.6 Å². The molecular formula is C13H20N4O3S. The Bertz CT molecular complexity index is 586. The van der Waals surface area contributed by atoms with Crippen LogP contribution in [0.5, 0.6) is 0 Å². The van der Waals surface area contributed by atoms with Gasteiger partial charge in [-0.2, -0.15) is 0 Å². The van der Waals surface area contributed by atoms with E-state index in [0.717, 1.165) is 13.0 Å². The number of sulfone groups is 1. The molecule has 0 radical (unpaired) electrons. The van der Waals surface area contributed by atoms with Crippen LogP contribution in [-0.4, -0.2) is 48.6 Å². The quantitative estimate of drug-likeness (QED) is 0.798. The average Bonchev–Trinajstić information content (AvgIpc) is 2.82.